The van der Waals surface area contributed by atoms with Gasteiger partial charge in [-0.25, -0.2) is 0 Å². The number of nitrogens with zero attached hydrogens (tertiary/aromatic N) is 2. The molecule has 3 rings (SSSR count). The maximum atomic E-state index is 12.2. The first kappa shape index (κ1) is 19.8. The van der Waals surface area contributed by atoms with Crippen LogP contribution in [0.2, 0.25) is 0 Å². The van der Waals surface area contributed by atoms with Crippen molar-refractivity contribution >= 4 is 40.6 Å². The van der Waals surface area contributed by atoms with E-state index in [0.717, 1.165) is 22.6 Å². The number of nitrogens with one attached hydrogen (secondary N) is 2. The number of methoxy groups -OCH3 is 1. The highest BCUT2D eigenvalue weighted by Crippen LogP contribution is 2.23. The third kappa shape index (κ3) is 5.54. The molecular weight excluding hydrogens is 396 g/mol. The molecule has 28 heavy (non-hydrogen) atoms. The average Bonchev–Trinajstić information content (AvgIpc) is 3.21. The standard InChI is InChI=1S/C19H18N4O3S2/c1-26-15-10-6-5-7-13(15)11-20-16(24)12-27-19-23-22-18(28-19)17(25)21-14-8-3-2-4-9-14/h2-10H,11-12H2,1H3,(H,20,24)(H,21,25). The minimum atomic E-state index is -0.323. The quantitative estimate of drug-likeness (QED) is 0.550. The van der Waals surface area contributed by atoms with Gasteiger partial charge in [-0.05, 0) is 18.2 Å². The van der Waals surface area contributed by atoms with Crippen molar-refractivity contribution in [3.05, 3.63) is 65.2 Å². The number of amides is 2. The van der Waals surface area contributed by atoms with Gasteiger partial charge in [0.15, 0.2) is 4.34 Å². The van der Waals surface area contributed by atoms with Gasteiger partial charge >= 0.3 is 0 Å². The van der Waals surface area contributed by atoms with Gasteiger partial charge < -0.3 is 15.4 Å². The smallest absolute Gasteiger partial charge is 0.286 e. The molecule has 0 aliphatic carbocycles. The van der Waals surface area contributed by atoms with Crippen molar-refractivity contribution in [3.8, 4) is 5.75 Å². The molecule has 9 heteroatoms. The molecule has 1 heterocycles. The van der Waals surface area contributed by atoms with Gasteiger partial charge in [-0.15, -0.1) is 10.2 Å². The Morgan fingerprint density at radius 1 is 1.07 bits per heavy atom. The summed E-state index contributed by atoms with van der Waals surface area (Å²) in [6.45, 7) is 0.379. The highest BCUT2D eigenvalue weighted by Gasteiger charge is 2.14. The molecule has 3 aromatic rings. The van der Waals surface area contributed by atoms with Crippen LogP contribution in [0, 0.1) is 0 Å². The van der Waals surface area contributed by atoms with Gasteiger partial charge in [-0.2, -0.15) is 0 Å². The topological polar surface area (TPSA) is 93.2 Å². The predicted octanol–water partition coefficient (Wildman–Crippen LogP) is 3.21. The van der Waals surface area contributed by atoms with E-state index in [9.17, 15) is 9.59 Å². The number of aromatic nitrogens is 2. The fourth-order valence-corrected chi connectivity index (χ4v) is 3.86. The molecule has 1 aromatic heterocycles. The minimum absolute atomic E-state index is 0.138. The van der Waals surface area contributed by atoms with Gasteiger partial charge in [0, 0.05) is 17.8 Å². The largest absolute Gasteiger partial charge is 0.496 e. The Balaban J connectivity index is 1.47. The third-order valence-corrected chi connectivity index (χ3v) is 5.68. The van der Waals surface area contributed by atoms with Crippen molar-refractivity contribution < 1.29 is 14.3 Å². The van der Waals surface area contributed by atoms with Crippen LogP contribution in [0.5, 0.6) is 5.75 Å². The van der Waals surface area contributed by atoms with E-state index in [2.05, 4.69) is 20.8 Å². The van der Waals surface area contributed by atoms with Crippen LogP contribution in [0.4, 0.5) is 5.69 Å². The van der Waals surface area contributed by atoms with Crippen LogP contribution in [0.15, 0.2) is 58.9 Å². The zero-order chi connectivity index (χ0) is 19.8. The highest BCUT2D eigenvalue weighted by molar-refractivity contribution is 8.01. The fourth-order valence-electron chi connectivity index (χ4n) is 2.29. The zero-order valence-electron chi connectivity index (χ0n) is 15.0. The minimum Gasteiger partial charge on any atom is -0.496 e. The summed E-state index contributed by atoms with van der Waals surface area (Å²) >= 11 is 2.39. The van der Waals surface area contributed by atoms with E-state index in [4.69, 9.17) is 4.74 Å². The number of carbonyl (C=O) groups is 2. The van der Waals surface area contributed by atoms with Gasteiger partial charge in [-0.3, -0.25) is 9.59 Å². The van der Waals surface area contributed by atoms with E-state index >= 15 is 0 Å². The number of carbonyl (C=O) groups excluding carboxylic acids is 2. The van der Waals surface area contributed by atoms with Gasteiger partial charge in [0.2, 0.25) is 10.9 Å². The van der Waals surface area contributed by atoms with Crippen LogP contribution in [0.25, 0.3) is 0 Å². The van der Waals surface area contributed by atoms with E-state index < -0.39 is 0 Å². The van der Waals surface area contributed by atoms with Crippen LogP contribution >= 0.6 is 23.1 Å². The number of para-hydroxylation sites is 2. The lowest BCUT2D eigenvalue weighted by Gasteiger charge is -2.09. The van der Waals surface area contributed by atoms with Crippen molar-refractivity contribution in [2.24, 2.45) is 0 Å². The van der Waals surface area contributed by atoms with Crippen LogP contribution in [0.3, 0.4) is 0 Å². The van der Waals surface area contributed by atoms with Gasteiger partial charge in [-0.1, -0.05) is 59.5 Å². The van der Waals surface area contributed by atoms with Crippen molar-refractivity contribution in [2.75, 3.05) is 18.2 Å². The average molecular weight is 415 g/mol. The van der Waals surface area contributed by atoms with Crippen LogP contribution in [0.1, 0.15) is 15.4 Å². The molecule has 0 radical (unpaired) electrons. The Hall–Kier alpha value is -2.91. The predicted molar refractivity (Wildman–Crippen MR) is 110 cm³/mol. The van der Waals surface area contributed by atoms with Gasteiger partial charge in [0.1, 0.15) is 5.75 Å². The molecule has 2 aromatic carbocycles. The van der Waals surface area contributed by atoms with Crippen molar-refractivity contribution in [1.29, 1.82) is 0 Å². The Morgan fingerprint density at radius 2 is 1.82 bits per heavy atom. The van der Waals surface area contributed by atoms with E-state index in [-0.39, 0.29) is 22.6 Å². The molecule has 0 fully saturated rings. The Bertz CT molecular complexity index is 947. The second-order valence-electron chi connectivity index (χ2n) is 5.57. The molecule has 0 unspecified atom stereocenters. The number of ether oxygens (including phenoxy) is 1. The lowest BCUT2D eigenvalue weighted by atomic mass is 10.2. The monoisotopic (exact) mass is 414 g/mol. The third-order valence-electron chi connectivity index (χ3n) is 3.63. The van der Waals surface area contributed by atoms with E-state index in [1.54, 1.807) is 19.2 Å². The number of hydrogen-bond donors (Lipinski definition) is 2. The summed E-state index contributed by atoms with van der Waals surface area (Å²) < 4.78 is 5.82. The molecule has 0 aliphatic heterocycles. The normalized spacial score (nSPS) is 10.3. The number of thioether (sulfide) groups is 1. The number of anilines is 1. The van der Waals surface area contributed by atoms with Gasteiger partial charge in [0.05, 0.1) is 12.9 Å². The SMILES string of the molecule is COc1ccccc1CNC(=O)CSc1nnc(C(=O)Nc2ccccc2)s1. The summed E-state index contributed by atoms with van der Waals surface area (Å²) in [4.78, 5) is 24.3. The fraction of sp³-hybridized carbons (Fsp3) is 0.158. The molecule has 0 spiro atoms. The molecule has 0 aliphatic rings. The lowest BCUT2D eigenvalue weighted by Crippen LogP contribution is -2.24. The second-order valence-corrected chi connectivity index (χ2v) is 7.77. The van der Waals surface area contributed by atoms with E-state index in [1.165, 1.54) is 11.8 Å². The summed E-state index contributed by atoms with van der Waals surface area (Å²) in [5.74, 6) is 0.454. The van der Waals surface area contributed by atoms with E-state index in [1.807, 2.05) is 42.5 Å². The summed E-state index contributed by atoms with van der Waals surface area (Å²) in [5, 5.41) is 13.7. The van der Waals surface area contributed by atoms with Gasteiger partial charge in [0.25, 0.3) is 5.91 Å². The highest BCUT2D eigenvalue weighted by atomic mass is 32.2. The Morgan fingerprint density at radius 3 is 2.61 bits per heavy atom. The van der Waals surface area contributed by atoms with E-state index in [0.29, 0.717) is 16.6 Å². The molecule has 2 amide bonds. The second kappa shape index (κ2) is 9.86. The van der Waals surface area contributed by atoms with Crippen molar-refractivity contribution in [3.63, 3.8) is 0 Å². The zero-order valence-corrected chi connectivity index (χ0v) is 16.7. The number of rotatable bonds is 8. The van der Waals surface area contributed by atoms with Crippen LogP contribution in [-0.2, 0) is 11.3 Å². The maximum Gasteiger partial charge on any atom is 0.286 e. The summed E-state index contributed by atoms with van der Waals surface area (Å²) in [6, 6.07) is 16.6. The summed E-state index contributed by atoms with van der Waals surface area (Å²) in [5.41, 5.74) is 1.59. The molecule has 7 nitrogen and oxygen atoms in total. The first-order chi connectivity index (χ1) is 13.7. The molecule has 0 saturated carbocycles. The molecule has 2 N–H and O–H groups in total. The van der Waals surface area contributed by atoms with Crippen LogP contribution < -0.4 is 15.4 Å². The van der Waals surface area contributed by atoms with Crippen molar-refractivity contribution in [2.45, 2.75) is 10.9 Å². The lowest BCUT2D eigenvalue weighted by molar-refractivity contribution is -0.118. The molecule has 144 valence electrons. The Kier molecular flexibility index (Phi) is 6.99. The molecule has 0 bridgehead atoms. The van der Waals surface area contributed by atoms with Crippen molar-refractivity contribution in [1.82, 2.24) is 15.5 Å². The first-order valence-corrected chi connectivity index (χ1v) is 10.2. The summed E-state index contributed by atoms with van der Waals surface area (Å²) in [6.07, 6.45) is 0. The maximum absolute atomic E-state index is 12.2. The van der Waals surface area contributed by atoms with Crippen LogP contribution in [-0.4, -0.2) is 34.9 Å². The molecule has 0 atom stereocenters. The number of hydrogen-bond acceptors (Lipinski definition) is 7. The summed E-state index contributed by atoms with van der Waals surface area (Å²) in [7, 11) is 1.59. The Labute approximate surface area is 170 Å². The first-order valence-electron chi connectivity index (χ1n) is 8.37. The molecular formula is C19H18N4O3S2. The molecule has 0 saturated heterocycles. The number of benzene rings is 2.